The Hall–Kier alpha value is -0.550. The highest BCUT2D eigenvalue weighted by atomic mass is 32.2. The van der Waals surface area contributed by atoms with E-state index in [9.17, 15) is 9.59 Å². The molecule has 0 saturated heterocycles. The van der Waals surface area contributed by atoms with E-state index in [1.165, 1.54) is 18.7 Å². The molecule has 0 bridgehead atoms. The van der Waals surface area contributed by atoms with Crippen LogP contribution in [0.4, 0.5) is 0 Å². The number of ether oxygens (including phenoxy) is 1. The maximum absolute atomic E-state index is 11.0. The van der Waals surface area contributed by atoms with E-state index in [-0.39, 0.29) is 5.12 Å². The fourth-order valence-electron chi connectivity index (χ4n) is 0.697. The summed E-state index contributed by atoms with van der Waals surface area (Å²) in [7, 11) is 0. The van der Waals surface area contributed by atoms with Crippen molar-refractivity contribution in [3.8, 4) is 0 Å². The predicted octanol–water partition coefficient (Wildman–Crippen LogP) is 0.547. The molecule has 2 N–H and O–H groups in total. The zero-order valence-electron chi connectivity index (χ0n) is 7.91. The lowest BCUT2D eigenvalue weighted by atomic mass is 10.2. The standard InChI is InChI=1S/C8H15NO3S/c1-3-12-8(11)7(9)4-5-13-6(2)10/h7H,3-5,9H2,1-2H3/t7-/m0/s1. The molecule has 0 radical (unpaired) electrons. The van der Waals surface area contributed by atoms with Crippen molar-refractivity contribution in [2.75, 3.05) is 12.4 Å². The Balaban J connectivity index is 3.55. The summed E-state index contributed by atoms with van der Waals surface area (Å²) < 4.78 is 4.70. The summed E-state index contributed by atoms with van der Waals surface area (Å²) in [6.45, 7) is 3.56. The molecule has 0 saturated carbocycles. The van der Waals surface area contributed by atoms with Crippen LogP contribution in [0.1, 0.15) is 20.3 Å². The minimum absolute atomic E-state index is 0.0380. The van der Waals surface area contributed by atoms with Crippen molar-refractivity contribution in [3.05, 3.63) is 0 Å². The van der Waals surface area contributed by atoms with Crippen LogP contribution in [0.2, 0.25) is 0 Å². The molecular formula is C8H15NO3S. The van der Waals surface area contributed by atoms with Gasteiger partial charge in [0, 0.05) is 12.7 Å². The molecule has 0 aromatic carbocycles. The second kappa shape index (κ2) is 6.91. The molecule has 4 nitrogen and oxygen atoms in total. The van der Waals surface area contributed by atoms with Crippen molar-refractivity contribution in [3.63, 3.8) is 0 Å². The second-order valence-electron chi connectivity index (χ2n) is 2.49. The van der Waals surface area contributed by atoms with Crippen LogP contribution >= 0.6 is 11.8 Å². The molecule has 0 rings (SSSR count). The van der Waals surface area contributed by atoms with Crippen LogP contribution in [0.25, 0.3) is 0 Å². The lowest BCUT2D eigenvalue weighted by Gasteiger charge is -2.08. The Morgan fingerprint density at radius 3 is 2.62 bits per heavy atom. The minimum Gasteiger partial charge on any atom is -0.465 e. The Morgan fingerprint density at radius 2 is 2.15 bits per heavy atom. The van der Waals surface area contributed by atoms with Crippen LogP contribution in [-0.2, 0) is 14.3 Å². The molecule has 0 heterocycles. The van der Waals surface area contributed by atoms with Gasteiger partial charge in [-0.1, -0.05) is 11.8 Å². The molecule has 0 aliphatic rings. The molecular weight excluding hydrogens is 190 g/mol. The van der Waals surface area contributed by atoms with Crippen LogP contribution in [0, 0.1) is 0 Å². The number of esters is 1. The number of carbonyl (C=O) groups is 2. The number of hydrogen-bond acceptors (Lipinski definition) is 5. The van der Waals surface area contributed by atoms with Gasteiger partial charge < -0.3 is 10.5 Å². The normalized spacial score (nSPS) is 12.2. The summed E-state index contributed by atoms with van der Waals surface area (Å²) in [5.41, 5.74) is 5.49. The van der Waals surface area contributed by atoms with Gasteiger partial charge in [-0.15, -0.1) is 0 Å². The monoisotopic (exact) mass is 205 g/mol. The van der Waals surface area contributed by atoms with Gasteiger partial charge in [0.25, 0.3) is 0 Å². The largest absolute Gasteiger partial charge is 0.465 e. The molecule has 0 spiro atoms. The minimum atomic E-state index is -0.605. The van der Waals surface area contributed by atoms with E-state index in [1.54, 1.807) is 6.92 Å². The highest BCUT2D eigenvalue weighted by molar-refractivity contribution is 8.13. The number of thioether (sulfide) groups is 1. The van der Waals surface area contributed by atoms with Crippen molar-refractivity contribution >= 4 is 22.8 Å². The lowest BCUT2D eigenvalue weighted by Crippen LogP contribution is -2.32. The molecule has 0 aliphatic heterocycles. The topological polar surface area (TPSA) is 69.4 Å². The van der Waals surface area contributed by atoms with Crippen molar-refractivity contribution in [1.29, 1.82) is 0 Å². The van der Waals surface area contributed by atoms with Crippen LogP contribution in [-0.4, -0.2) is 29.5 Å². The molecule has 0 aromatic heterocycles. The molecule has 5 heteroatoms. The fourth-order valence-corrected chi connectivity index (χ4v) is 1.36. The van der Waals surface area contributed by atoms with Gasteiger partial charge in [0.1, 0.15) is 6.04 Å². The summed E-state index contributed by atoms with van der Waals surface area (Å²) >= 11 is 1.17. The number of nitrogens with two attached hydrogens (primary N) is 1. The van der Waals surface area contributed by atoms with Crippen LogP contribution < -0.4 is 5.73 Å². The smallest absolute Gasteiger partial charge is 0.322 e. The maximum Gasteiger partial charge on any atom is 0.322 e. The van der Waals surface area contributed by atoms with Gasteiger partial charge in [0.05, 0.1) is 6.61 Å². The molecule has 1 atom stereocenters. The number of hydrogen-bond donors (Lipinski definition) is 1. The first kappa shape index (κ1) is 12.4. The van der Waals surface area contributed by atoms with Crippen LogP contribution in [0.15, 0.2) is 0 Å². The van der Waals surface area contributed by atoms with Gasteiger partial charge in [-0.05, 0) is 13.3 Å². The molecule has 0 fully saturated rings. The first-order chi connectivity index (χ1) is 6.07. The molecule has 0 aliphatic carbocycles. The average molecular weight is 205 g/mol. The zero-order chi connectivity index (χ0) is 10.3. The summed E-state index contributed by atoms with van der Waals surface area (Å²) in [6, 6.07) is -0.605. The summed E-state index contributed by atoms with van der Waals surface area (Å²) in [6.07, 6.45) is 0.475. The Kier molecular flexibility index (Phi) is 6.62. The predicted molar refractivity (Wildman–Crippen MR) is 52.4 cm³/mol. The Morgan fingerprint density at radius 1 is 1.54 bits per heavy atom. The zero-order valence-corrected chi connectivity index (χ0v) is 8.73. The quantitative estimate of drug-likeness (QED) is 0.664. The second-order valence-corrected chi connectivity index (χ2v) is 3.76. The van der Waals surface area contributed by atoms with E-state index in [1.807, 2.05) is 0 Å². The number of carbonyl (C=O) groups excluding carboxylic acids is 2. The Labute approximate surface area is 82.2 Å². The fraction of sp³-hybridized carbons (Fsp3) is 0.750. The van der Waals surface area contributed by atoms with E-state index < -0.39 is 12.0 Å². The summed E-state index contributed by atoms with van der Waals surface area (Å²) in [4.78, 5) is 21.5. The van der Waals surface area contributed by atoms with E-state index in [2.05, 4.69) is 0 Å². The molecule has 76 valence electrons. The highest BCUT2D eigenvalue weighted by Gasteiger charge is 2.13. The van der Waals surface area contributed by atoms with Gasteiger partial charge in [-0.25, -0.2) is 0 Å². The summed E-state index contributed by atoms with van der Waals surface area (Å²) in [5.74, 6) is 0.168. The average Bonchev–Trinajstić information content (AvgIpc) is 2.04. The summed E-state index contributed by atoms with van der Waals surface area (Å²) in [5, 5.41) is 0.0380. The van der Waals surface area contributed by atoms with Crippen LogP contribution in [0.5, 0.6) is 0 Å². The van der Waals surface area contributed by atoms with Crippen molar-refractivity contribution in [1.82, 2.24) is 0 Å². The number of rotatable bonds is 5. The van der Waals surface area contributed by atoms with E-state index in [4.69, 9.17) is 10.5 Å². The third kappa shape index (κ3) is 6.60. The molecule has 0 amide bonds. The van der Waals surface area contributed by atoms with Gasteiger partial charge in [-0.2, -0.15) is 0 Å². The van der Waals surface area contributed by atoms with Crippen molar-refractivity contribution < 1.29 is 14.3 Å². The molecule has 13 heavy (non-hydrogen) atoms. The van der Waals surface area contributed by atoms with Gasteiger partial charge in [0.2, 0.25) is 0 Å². The van der Waals surface area contributed by atoms with Gasteiger partial charge in [-0.3, -0.25) is 9.59 Å². The SMILES string of the molecule is CCOC(=O)[C@@H](N)CCSC(C)=O. The highest BCUT2D eigenvalue weighted by Crippen LogP contribution is 2.05. The first-order valence-corrected chi connectivity index (χ1v) is 5.12. The maximum atomic E-state index is 11.0. The van der Waals surface area contributed by atoms with Crippen molar-refractivity contribution in [2.24, 2.45) is 5.73 Å². The Bertz CT molecular complexity index is 184. The van der Waals surface area contributed by atoms with Gasteiger partial charge in [0.15, 0.2) is 5.12 Å². The first-order valence-electron chi connectivity index (χ1n) is 4.13. The molecule has 0 unspecified atom stereocenters. The van der Waals surface area contributed by atoms with E-state index >= 15 is 0 Å². The van der Waals surface area contributed by atoms with Crippen LogP contribution in [0.3, 0.4) is 0 Å². The molecule has 0 aromatic rings. The van der Waals surface area contributed by atoms with Gasteiger partial charge >= 0.3 is 5.97 Å². The van der Waals surface area contributed by atoms with E-state index in [0.717, 1.165) is 0 Å². The van der Waals surface area contributed by atoms with Crippen molar-refractivity contribution in [2.45, 2.75) is 26.3 Å². The van der Waals surface area contributed by atoms with E-state index in [0.29, 0.717) is 18.8 Å². The lowest BCUT2D eigenvalue weighted by molar-refractivity contribution is -0.144. The third-order valence-corrected chi connectivity index (χ3v) is 2.17. The third-order valence-electron chi connectivity index (χ3n) is 1.32.